The SMILES string of the molecule is Cc1ccc(NC(N)=NCCc2c(C)noc2C)cc1.I. The number of hydrogen-bond donors (Lipinski definition) is 2. The number of hydrogen-bond acceptors (Lipinski definition) is 3. The number of nitrogens with zero attached hydrogens (tertiary/aromatic N) is 2. The van der Waals surface area contributed by atoms with Crippen molar-refractivity contribution in [2.45, 2.75) is 27.2 Å². The van der Waals surface area contributed by atoms with E-state index < -0.39 is 0 Å². The third-order valence-corrected chi connectivity index (χ3v) is 3.15. The molecule has 1 aromatic heterocycles. The average molecular weight is 400 g/mol. The van der Waals surface area contributed by atoms with Gasteiger partial charge >= 0.3 is 0 Å². The van der Waals surface area contributed by atoms with Crippen LogP contribution in [0.1, 0.15) is 22.6 Å². The molecule has 0 bridgehead atoms. The summed E-state index contributed by atoms with van der Waals surface area (Å²) in [5.41, 5.74) is 10.0. The number of aryl methyl sites for hydroxylation is 3. The Morgan fingerprint density at radius 1 is 1.24 bits per heavy atom. The van der Waals surface area contributed by atoms with Gasteiger partial charge in [0.2, 0.25) is 0 Å². The third-order valence-electron chi connectivity index (χ3n) is 3.15. The fraction of sp³-hybridized carbons (Fsp3) is 0.333. The van der Waals surface area contributed by atoms with E-state index in [1.807, 2.05) is 45.0 Å². The van der Waals surface area contributed by atoms with E-state index in [2.05, 4.69) is 15.5 Å². The van der Waals surface area contributed by atoms with Crippen LogP contribution in [0.3, 0.4) is 0 Å². The predicted octanol–water partition coefficient (Wildman–Crippen LogP) is 3.19. The fourth-order valence-corrected chi connectivity index (χ4v) is 1.97. The molecule has 0 amide bonds. The molecule has 0 saturated heterocycles. The van der Waals surface area contributed by atoms with Crippen LogP contribution in [-0.2, 0) is 6.42 Å². The summed E-state index contributed by atoms with van der Waals surface area (Å²) >= 11 is 0. The quantitative estimate of drug-likeness (QED) is 0.470. The van der Waals surface area contributed by atoms with Gasteiger partial charge in [0.05, 0.1) is 5.69 Å². The topological polar surface area (TPSA) is 76.4 Å². The normalized spacial score (nSPS) is 11.1. The van der Waals surface area contributed by atoms with Crippen LogP contribution in [-0.4, -0.2) is 17.7 Å². The van der Waals surface area contributed by atoms with Gasteiger partial charge in [0.15, 0.2) is 5.96 Å². The van der Waals surface area contributed by atoms with Crippen LogP contribution in [0.25, 0.3) is 0 Å². The number of nitrogens with one attached hydrogen (secondary N) is 1. The van der Waals surface area contributed by atoms with Crippen molar-refractivity contribution in [2.75, 3.05) is 11.9 Å². The summed E-state index contributed by atoms with van der Waals surface area (Å²) in [6.45, 7) is 6.49. The number of nitrogens with two attached hydrogens (primary N) is 1. The molecule has 21 heavy (non-hydrogen) atoms. The Hall–Kier alpha value is -1.57. The van der Waals surface area contributed by atoms with Crippen molar-refractivity contribution in [1.29, 1.82) is 0 Å². The van der Waals surface area contributed by atoms with Crippen LogP contribution in [0.15, 0.2) is 33.8 Å². The van der Waals surface area contributed by atoms with E-state index in [1.54, 1.807) is 0 Å². The number of anilines is 1. The van der Waals surface area contributed by atoms with Gasteiger partial charge in [-0.3, -0.25) is 4.99 Å². The Kier molecular flexibility index (Phi) is 6.67. The first-order chi connectivity index (χ1) is 9.56. The third kappa shape index (κ3) is 5.04. The van der Waals surface area contributed by atoms with Crippen molar-refractivity contribution in [1.82, 2.24) is 5.16 Å². The van der Waals surface area contributed by atoms with Crippen LogP contribution < -0.4 is 11.1 Å². The molecule has 0 atom stereocenters. The van der Waals surface area contributed by atoms with Gasteiger partial charge in [0, 0.05) is 17.8 Å². The molecule has 0 radical (unpaired) electrons. The molecule has 0 saturated carbocycles. The lowest BCUT2D eigenvalue weighted by Crippen LogP contribution is -2.23. The molecule has 114 valence electrons. The van der Waals surface area contributed by atoms with Gasteiger partial charge in [-0.25, -0.2) is 0 Å². The predicted molar refractivity (Wildman–Crippen MR) is 96.4 cm³/mol. The zero-order chi connectivity index (χ0) is 14.5. The number of rotatable bonds is 4. The maximum Gasteiger partial charge on any atom is 0.193 e. The Morgan fingerprint density at radius 3 is 2.48 bits per heavy atom. The molecule has 0 spiro atoms. The first-order valence-corrected chi connectivity index (χ1v) is 6.61. The van der Waals surface area contributed by atoms with Crippen molar-refractivity contribution in [3.8, 4) is 0 Å². The van der Waals surface area contributed by atoms with Crippen molar-refractivity contribution < 1.29 is 4.52 Å². The van der Waals surface area contributed by atoms with Gasteiger partial charge < -0.3 is 15.6 Å². The molecular formula is C15H21IN4O. The van der Waals surface area contributed by atoms with Crippen LogP contribution in [0, 0.1) is 20.8 Å². The molecule has 0 aliphatic carbocycles. The van der Waals surface area contributed by atoms with Gasteiger partial charge in [0.1, 0.15) is 5.76 Å². The summed E-state index contributed by atoms with van der Waals surface area (Å²) in [7, 11) is 0. The molecule has 0 aliphatic heterocycles. The van der Waals surface area contributed by atoms with E-state index in [1.165, 1.54) is 5.56 Å². The molecule has 1 heterocycles. The highest BCUT2D eigenvalue weighted by Crippen LogP contribution is 2.12. The summed E-state index contributed by atoms with van der Waals surface area (Å²) in [6.07, 6.45) is 0.775. The Balaban J connectivity index is 0.00000220. The van der Waals surface area contributed by atoms with Crippen molar-refractivity contribution in [3.05, 3.63) is 46.8 Å². The summed E-state index contributed by atoms with van der Waals surface area (Å²) in [4.78, 5) is 4.31. The van der Waals surface area contributed by atoms with Gasteiger partial charge in [-0.05, 0) is 39.3 Å². The smallest absolute Gasteiger partial charge is 0.193 e. The zero-order valence-corrected chi connectivity index (χ0v) is 14.8. The summed E-state index contributed by atoms with van der Waals surface area (Å²) in [6, 6.07) is 8.01. The van der Waals surface area contributed by atoms with E-state index in [9.17, 15) is 0 Å². The second-order valence-corrected chi connectivity index (χ2v) is 4.81. The number of aromatic nitrogens is 1. The minimum Gasteiger partial charge on any atom is -0.370 e. The highest BCUT2D eigenvalue weighted by molar-refractivity contribution is 14.0. The van der Waals surface area contributed by atoms with Crippen LogP contribution in [0.5, 0.6) is 0 Å². The summed E-state index contributed by atoms with van der Waals surface area (Å²) < 4.78 is 5.11. The van der Waals surface area contributed by atoms with E-state index in [4.69, 9.17) is 10.3 Å². The molecule has 3 N–H and O–H groups in total. The molecule has 2 rings (SSSR count). The lowest BCUT2D eigenvalue weighted by atomic mass is 10.1. The van der Waals surface area contributed by atoms with Crippen molar-refractivity contribution in [2.24, 2.45) is 10.7 Å². The summed E-state index contributed by atoms with van der Waals surface area (Å²) in [5.74, 6) is 1.27. The van der Waals surface area contributed by atoms with Crippen LogP contribution in [0.2, 0.25) is 0 Å². The van der Waals surface area contributed by atoms with E-state index in [0.717, 1.165) is 29.1 Å². The average Bonchev–Trinajstić information content (AvgIpc) is 2.73. The van der Waals surface area contributed by atoms with Crippen LogP contribution >= 0.6 is 24.0 Å². The minimum absolute atomic E-state index is 0. The Bertz CT molecular complexity index is 585. The Labute approximate surface area is 142 Å². The molecule has 0 fully saturated rings. The second-order valence-electron chi connectivity index (χ2n) is 4.81. The molecule has 6 heteroatoms. The Morgan fingerprint density at radius 2 is 1.90 bits per heavy atom. The molecular weight excluding hydrogens is 379 g/mol. The minimum atomic E-state index is 0. The highest BCUT2D eigenvalue weighted by Gasteiger charge is 2.07. The lowest BCUT2D eigenvalue weighted by molar-refractivity contribution is 0.392. The van der Waals surface area contributed by atoms with E-state index in [-0.39, 0.29) is 24.0 Å². The monoisotopic (exact) mass is 400 g/mol. The molecule has 5 nitrogen and oxygen atoms in total. The van der Waals surface area contributed by atoms with Gasteiger partial charge in [-0.2, -0.15) is 0 Å². The first kappa shape index (κ1) is 17.5. The number of halogens is 1. The number of benzene rings is 1. The van der Waals surface area contributed by atoms with Crippen LogP contribution in [0.4, 0.5) is 5.69 Å². The van der Waals surface area contributed by atoms with E-state index >= 15 is 0 Å². The van der Waals surface area contributed by atoms with Crippen molar-refractivity contribution in [3.63, 3.8) is 0 Å². The standard InChI is InChI=1S/C15H20N4O.HI/c1-10-4-6-13(7-5-10)18-15(16)17-9-8-14-11(2)19-20-12(14)3;/h4-7H,8-9H2,1-3H3,(H3,16,17,18);1H. The maximum absolute atomic E-state index is 5.86. The second kappa shape index (κ2) is 8.02. The zero-order valence-electron chi connectivity index (χ0n) is 12.5. The van der Waals surface area contributed by atoms with Crippen molar-refractivity contribution >= 4 is 35.6 Å². The molecule has 0 unspecified atom stereocenters. The number of aliphatic imine (C=N–C) groups is 1. The highest BCUT2D eigenvalue weighted by atomic mass is 127. The van der Waals surface area contributed by atoms with E-state index in [0.29, 0.717) is 12.5 Å². The summed E-state index contributed by atoms with van der Waals surface area (Å²) in [5, 5.41) is 6.99. The molecule has 1 aromatic carbocycles. The fourth-order valence-electron chi connectivity index (χ4n) is 1.97. The molecule has 0 aliphatic rings. The van der Waals surface area contributed by atoms with Gasteiger partial charge in [-0.15, -0.1) is 24.0 Å². The number of guanidine groups is 1. The lowest BCUT2D eigenvalue weighted by Gasteiger charge is -2.05. The molecule has 2 aromatic rings. The van der Waals surface area contributed by atoms with Gasteiger partial charge in [0.25, 0.3) is 0 Å². The van der Waals surface area contributed by atoms with Gasteiger partial charge in [-0.1, -0.05) is 22.9 Å². The largest absolute Gasteiger partial charge is 0.370 e. The first-order valence-electron chi connectivity index (χ1n) is 6.61. The maximum atomic E-state index is 5.86.